The summed E-state index contributed by atoms with van der Waals surface area (Å²) in [7, 11) is 0. The van der Waals surface area contributed by atoms with Crippen LogP contribution >= 0.6 is 0 Å². The second-order valence-corrected chi connectivity index (χ2v) is 4.08. The summed E-state index contributed by atoms with van der Waals surface area (Å²) in [5.41, 5.74) is 0.542. The molecule has 0 aromatic rings. The zero-order valence-electron chi connectivity index (χ0n) is 11.1. The van der Waals surface area contributed by atoms with Crippen LogP contribution in [0.5, 0.6) is 0 Å². The standard InChI is InChI=1S/C13H20O6/c1-9(12(16)17)4-3-7-19-13(18)10(2)5-6-11(15)8-14/h4-5,11,14-15H,3,6-8H2,1-2H3,(H,16,17). The quantitative estimate of drug-likeness (QED) is 0.340. The van der Waals surface area contributed by atoms with Crippen LogP contribution < -0.4 is 0 Å². The number of carboxylic acids is 1. The Hall–Kier alpha value is -1.66. The first kappa shape index (κ1) is 17.3. The normalized spacial score (nSPS) is 14.1. The van der Waals surface area contributed by atoms with Crippen molar-refractivity contribution >= 4 is 11.9 Å². The number of aliphatic hydroxyl groups excluding tert-OH is 2. The van der Waals surface area contributed by atoms with E-state index in [-0.39, 0.29) is 25.2 Å². The third-order valence-corrected chi connectivity index (χ3v) is 2.37. The van der Waals surface area contributed by atoms with Crippen LogP contribution in [0.15, 0.2) is 23.3 Å². The molecule has 0 aliphatic carbocycles. The van der Waals surface area contributed by atoms with Crippen LogP contribution in [0, 0.1) is 0 Å². The van der Waals surface area contributed by atoms with Gasteiger partial charge < -0.3 is 20.1 Å². The van der Waals surface area contributed by atoms with E-state index in [1.807, 2.05) is 0 Å². The molecule has 0 heterocycles. The lowest BCUT2D eigenvalue weighted by Crippen LogP contribution is -2.12. The van der Waals surface area contributed by atoms with Crippen molar-refractivity contribution in [2.24, 2.45) is 0 Å². The number of carboxylic acid groups (broad SMARTS) is 1. The number of carbonyl (C=O) groups excluding carboxylic acids is 1. The van der Waals surface area contributed by atoms with Gasteiger partial charge in [-0.15, -0.1) is 0 Å². The number of rotatable bonds is 8. The lowest BCUT2D eigenvalue weighted by Gasteiger charge is -2.05. The second kappa shape index (κ2) is 9.29. The van der Waals surface area contributed by atoms with Crippen LogP contribution in [0.2, 0.25) is 0 Å². The molecule has 0 aromatic carbocycles. The molecule has 0 fully saturated rings. The maximum Gasteiger partial charge on any atom is 0.333 e. The molecule has 0 aliphatic heterocycles. The minimum atomic E-state index is -1.000. The van der Waals surface area contributed by atoms with Crippen molar-refractivity contribution in [3.63, 3.8) is 0 Å². The lowest BCUT2D eigenvalue weighted by molar-refractivity contribution is -0.138. The molecule has 19 heavy (non-hydrogen) atoms. The highest BCUT2D eigenvalue weighted by Gasteiger charge is 2.07. The van der Waals surface area contributed by atoms with Gasteiger partial charge in [-0.05, 0) is 20.3 Å². The van der Waals surface area contributed by atoms with E-state index in [4.69, 9.17) is 20.1 Å². The molecule has 108 valence electrons. The Morgan fingerprint density at radius 2 is 1.84 bits per heavy atom. The summed E-state index contributed by atoms with van der Waals surface area (Å²) in [4.78, 5) is 21.9. The Morgan fingerprint density at radius 3 is 2.37 bits per heavy atom. The molecule has 0 saturated heterocycles. The molecule has 1 unspecified atom stereocenters. The van der Waals surface area contributed by atoms with E-state index >= 15 is 0 Å². The molecule has 3 N–H and O–H groups in total. The van der Waals surface area contributed by atoms with Crippen molar-refractivity contribution in [1.82, 2.24) is 0 Å². The van der Waals surface area contributed by atoms with E-state index < -0.39 is 18.0 Å². The number of hydrogen-bond acceptors (Lipinski definition) is 5. The van der Waals surface area contributed by atoms with Gasteiger partial charge in [-0.25, -0.2) is 9.59 Å². The second-order valence-electron chi connectivity index (χ2n) is 4.08. The summed E-state index contributed by atoms with van der Waals surface area (Å²) in [6.07, 6.45) is 2.58. The van der Waals surface area contributed by atoms with Gasteiger partial charge >= 0.3 is 11.9 Å². The highest BCUT2D eigenvalue weighted by molar-refractivity contribution is 5.87. The summed E-state index contributed by atoms with van der Waals surface area (Å²) in [6, 6.07) is 0. The molecule has 0 spiro atoms. The van der Waals surface area contributed by atoms with Crippen LogP contribution in [0.4, 0.5) is 0 Å². The molecule has 1 atom stereocenters. The van der Waals surface area contributed by atoms with Crippen molar-refractivity contribution in [3.8, 4) is 0 Å². The van der Waals surface area contributed by atoms with Gasteiger partial charge in [-0.2, -0.15) is 0 Å². The fraction of sp³-hybridized carbons (Fsp3) is 0.538. The number of carbonyl (C=O) groups is 2. The van der Waals surface area contributed by atoms with Crippen molar-refractivity contribution in [1.29, 1.82) is 0 Å². The third kappa shape index (κ3) is 8.12. The van der Waals surface area contributed by atoms with E-state index in [0.29, 0.717) is 12.0 Å². The first-order valence-electron chi connectivity index (χ1n) is 5.91. The Kier molecular flexibility index (Phi) is 8.48. The summed E-state index contributed by atoms with van der Waals surface area (Å²) in [6.45, 7) is 2.74. The molecule has 0 rings (SSSR count). The van der Waals surface area contributed by atoms with Crippen LogP contribution in [0.25, 0.3) is 0 Å². The van der Waals surface area contributed by atoms with E-state index in [2.05, 4.69) is 0 Å². The van der Waals surface area contributed by atoms with Gasteiger partial charge in [0, 0.05) is 17.6 Å². The highest BCUT2D eigenvalue weighted by atomic mass is 16.5. The predicted octanol–water partition coefficient (Wildman–Crippen LogP) is 0.640. The van der Waals surface area contributed by atoms with Gasteiger partial charge in [0.2, 0.25) is 0 Å². The fourth-order valence-corrected chi connectivity index (χ4v) is 1.10. The number of hydrogen-bond donors (Lipinski definition) is 3. The van der Waals surface area contributed by atoms with E-state index in [9.17, 15) is 9.59 Å². The highest BCUT2D eigenvalue weighted by Crippen LogP contribution is 2.03. The minimum absolute atomic E-state index is 0.0944. The predicted molar refractivity (Wildman–Crippen MR) is 68.4 cm³/mol. The van der Waals surface area contributed by atoms with Crippen molar-refractivity contribution < 1.29 is 29.6 Å². The zero-order chi connectivity index (χ0) is 14.8. The molecule has 0 amide bonds. The van der Waals surface area contributed by atoms with Gasteiger partial charge in [0.15, 0.2) is 0 Å². The van der Waals surface area contributed by atoms with Gasteiger partial charge in [-0.1, -0.05) is 12.2 Å². The SMILES string of the molecule is CC(=CCCOC(=O)C(C)=CCC(O)CO)C(=O)O. The Labute approximate surface area is 112 Å². The summed E-state index contributed by atoms with van der Waals surface area (Å²) in [5, 5.41) is 26.3. The zero-order valence-corrected chi connectivity index (χ0v) is 11.1. The molecule has 0 radical (unpaired) electrons. The molecule has 0 bridgehead atoms. The molecule has 0 aliphatic rings. The fourth-order valence-electron chi connectivity index (χ4n) is 1.10. The summed E-state index contributed by atoms with van der Waals surface area (Å²) in [5.74, 6) is -1.52. The number of esters is 1. The molecule has 6 nitrogen and oxygen atoms in total. The Balaban J connectivity index is 4.04. The van der Waals surface area contributed by atoms with E-state index in [1.165, 1.54) is 19.1 Å². The van der Waals surface area contributed by atoms with Crippen LogP contribution in [-0.4, -0.2) is 46.6 Å². The van der Waals surface area contributed by atoms with Gasteiger partial charge in [-0.3, -0.25) is 0 Å². The van der Waals surface area contributed by atoms with Gasteiger partial charge in [0.05, 0.1) is 19.3 Å². The van der Waals surface area contributed by atoms with Gasteiger partial charge in [0.1, 0.15) is 0 Å². The Bertz CT molecular complexity index is 369. The summed E-state index contributed by atoms with van der Waals surface area (Å²) >= 11 is 0. The topological polar surface area (TPSA) is 104 Å². The van der Waals surface area contributed by atoms with Crippen molar-refractivity contribution in [2.45, 2.75) is 32.8 Å². The Morgan fingerprint density at radius 1 is 1.21 bits per heavy atom. The maximum absolute atomic E-state index is 11.5. The van der Waals surface area contributed by atoms with Crippen LogP contribution in [-0.2, 0) is 14.3 Å². The molecular weight excluding hydrogens is 252 g/mol. The first-order chi connectivity index (χ1) is 8.88. The third-order valence-electron chi connectivity index (χ3n) is 2.37. The number of aliphatic carboxylic acids is 1. The first-order valence-corrected chi connectivity index (χ1v) is 5.91. The number of ether oxygens (including phenoxy) is 1. The number of aliphatic hydroxyl groups is 2. The monoisotopic (exact) mass is 272 g/mol. The lowest BCUT2D eigenvalue weighted by atomic mass is 10.2. The summed E-state index contributed by atoms with van der Waals surface area (Å²) < 4.78 is 4.91. The molecule has 6 heteroatoms. The van der Waals surface area contributed by atoms with Crippen molar-refractivity contribution in [3.05, 3.63) is 23.3 Å². The van der Waals surface area contributed by atoms with Crippen LogP contribution in [0.3, 0.4) is 0 Å². The van der Waals surface area contributed by atoms with Crippen LogP contribution in [0.1, 0.15) is 26.7 Å². The minimum Gasteiger partial charge on any atom is -0.478 e. The molecular formula is C13H20O6. The molecule has 0 saturated carbocycles. The maximum atomic E-state index is 11.5. The molecule has 0 aromatic heterocycles. The van der Waals surface area contributed by atoms with Crippen molar-refractivity contribution in [2.75, 3.05) is 13.2 Å². The largest absolute Gasteiger partial charge is 0.478 e. The van der Waals surface area contributed by atoms with Gasteiger partial charge in [0.25, 0.3) is 0 Å². The van der Waals surface area contributed by atoms with E-state index in [1.54, 1.807) is 6.92 Å². The van der Waals surface area contributed by atoms with E-state index in [0.717, 1.165) is 0 Å². The smallest absolute Gasteiger partial charge is 0.333 e. The average Bonchev–Trinajstić information content (AvgIpc) is 2.39. The average molecular weight is 272 g/mol.